The molecule has 0 saturated carbocycles. The first-order chi connectivity index (χ1) is 11.1. The summed E-state index contributed by atoms with van der Waals surface area (Å²) in [4.78, 5) is 24.0. The van der Waals surface area contributed by atoms with Gasteiger partial charge in [0, 0.05) is 19.1 Å². The summed E-state index contributed by atoms with van der Waals surface area (Å²) in [7, 11) is 0. The number of benzene rings is 1. The minimum atomic E-state index is -0.700. The zero-order chi connectivity index (χ0) is 18.1. The van der Waals surface area contributed by atoms with E-state index in [-0.39, 0.29) is 21.9 Å². The highest BCUT2D eigenvalue weighted by atomic mass is 79.9. The normalized spacial score (nSPS) is 17.7. The lowest BCUT2D eigenvalue weighted by molar-refractivity contribution is -0.384. The number of carbonyl (C=O) groups is 1. The van der Waals surface area contributed by atoms with E-state index in [2.05, 4.69) is 21.2 Å². The molecule has 1 heterocycles. The predicted molar refractivity (Wildman–Crippen MR) is 90.6 cm³/mol. The highest BCUT2D eigenvalue weighted by Crippen LogP contribution is 2.32. The number of hydrogen-bond acceptors (Lipinski definition) is 5. The second-order valence-electron chi connectivity index (χ2n) is 6.60. The van der Waals surface area contributed by atoms with E-state index in [1.807, 2.05) is 0 Å². The van der Waals surface area contributed by atoms with Crippen LogP contribution < -0.4 is 5.32 Å². The Morgan fingerprint density at radius 1 is 1.50 bits per heavy atom. The van der Waals surface area contributed by atoms with Gasteiger partial charge in [-0.25, -0.2) is 9.18 Å². The number of nitrogens with zero attached hydrogens (tertiary/aromatic N) is 2. The van der Waals surface area contributed by atoms with Gasteiger partial charge >= 0.3 is 6.09 Å². The van der Waals surface area contributed by atoms with Crippen LogP contribution in [0.4, 0.5) is 20.6 Å². The number of amides is 1. The van der Waals surface area contributed by atoms with Gasteiger partial charge in [-0.15, -0.1) is 0 Å². The molecule has 7 nitrogen and oxygen atoms in total. The zero-order valence-electron chi connectivity index (χ0n) is 13.6. The molecule has 1 aromatic carbocycles. The summed E-state index contributed by atoms with van der Waals surface area (Å²) in [5, 5.41) is 14.1. The van der Waals surface area contributed by atoms with Gasteiger partial charge in [-0.05, 0) is 49.2 Å². The molecule has 1 aliphatic rings. The lowest BCUT2D eigenvalue weighted by Crippen LogP contribution is -2.36. The van der Waals surface area contributed by atoms with E-state index in [0.29, 0.717) is 19.5 Å². The van der Waals surface area contributed by atoms with Gasteiger partial charge in [0.25, 0.3) is 5.69 Å². The minimum absolute atomic E-state index is 0.137. The number of halogens is 2. The number of nitro groups is 1. The van der Waals surface area contributed by atoms with Gasteiger partial charge < -0.3 is 15.0 Å². The van der Waals surface area contributed by atoms with Crippen molar-refractivity contribution < 1.29 is 18.8 Å². The molecule has 1 N–H and O–H groups in total. The standard InChI is InChI=1S/C15H19BrFN3O4/c1-15(2,3)24-14(21)19-5-4-9(8-19)18-12-6-10(16)11(17)7-13(12)20(22)23/h6-7,9,18H,4-5,8H2,1-3H3/t9-/m0/s1. The molecular formula is C15H19BrFN3O4. The van der Waals surface area contributed by atoms with Crippen molar-refractivity contribution >= 4 is 33.4 Å². The Morgan fingerprint density at radius 2 is 2.17 bits per heavy atom. The minimum Gasteiger partial charge on any atom is -0.444 e. The third-order valence-electron chi connectivity index (χ3n) is 3.43. The Bertz CT molecular complexity index is 663. The number of likely N-dealkylation sites (tertiary alicyclic amines) is 1. The Morgan fingerprint density at radius 3 is 2.75 bits per heavy atom. The number of carbonyl (C=O) groups excluding carboxylic acids is 1. The lowest BCUT2D eigenvalue weighted by atomic mass is 10.2. The third kappa shape index (κ3) is 4.56. The molecule has 1 saturated heterocycles. The van der Waals surface area contributed by atoms with Crippen LogP contribution in [0.1, 0.15) is 27.2 Å². The van der Waals surface area contributed by atoms with Gasteiger partial charge in [0.15, 0.2) is 0 Å². The molecule has 1 atom stereocenters. The van der Waals surface area contributed by atoms with Crippen LogP contribution in [0.15, 0.2) is 16.6 Å². The third-order valence-corrected chi connectivity index (χ3v) is 4.04. The number of rotatable bonds is 3. The SMILES string of the molecule is CC(C)(C)OC(=O)N1CC[C@H](Nc2cc(Br)c(F)cc2[N+](=O)[O-])C1. The molecule has 0 radical (unpaired) electrons. The molecule has 0 spiro atoms. The van der Waals surface area contributed by atoms with Crippen LogP contribution in [0.2, 0.25) is 0 Å². The van der Waals surface area contributed by atoms with Crippen LogP contribution in [0.25, 0.3) is 0 Å². The largest absolute Gasteiger partial charge is 0.444 e. The van der Waals surface area contributed by atoms with E-state index in [1.165, 1.54) is 6.07 Å². The number of ether oxygens (including phenoxy) is 1. The number of hydrogen-bond donors (Lipinski definition) is 1. The van der Waals surface area contributed by atoms with Crippen LogP contribution in [0.3, 0.4) is 0 Å². The van der Waals surface area contributed by atoms with Gasteiger partial charge in [0.2, 0.25) is 0 Å². The topological polar surface area (TPSA) is 84.7 Å². The van der Waals surface area contributed by atoms with Crippen LogP contribution in [-0.2, 0) is 4.74 Å². The van der Waals surface area contributed by atoms with Crippen molar-refractivity contribution in [2.75, 3.05) is 18.4 Å². The number of nitro benzene ring substituents is 1. The highest BCUT2D eigenvalue weighted by molar-refractivity contribution is 9.10. The monoisotopic (exact) mass is 403 g/mol. The quantitative estimate of drug-likeness (QED) is 0.610. The smallest absolute Gasteiger partial charge is 0.410 e. The molecule has 0 aromatic heterocycles. The molecular weight excluding hydrogens is 385 g/mol. The molecule has 2 rings (SSSR count). The van der Waals surface area contributed by atoms with Crippen molar-refractivity contribution in [3.63, 3.8) is 0 Å². The molecule has 0 bridgehead atoms. The van der Waals surface area contributed by atoms with Crippen molar-refractivity contribution in [2.24, 2.45) is 0 Å². The summed E-state index contributed by atoms with van der Waals surface area (Å²) in [6, 6.07) is 2.03. The van der Waals surface area contributed by atoms with Crippen LogP contribution >= 0.6 is 15.9 Å². The summed E-state index contributed by atoms with van der Waals surface area (Å²) >= 11 is 3.02. The molecule has 0 unspecified atom stereocenters. The van der Waals surface area contributed by atoms with Gasteiger partial charge in [-0.3, -0.25) is 10.1 Å². The molecule has 132 valence electrons. The maximum atomic E-state index is 13.5. The van der Waals surface area contributed by atoms with Crippen molar-refractivity contribution in [2.45, 2.75) is 38.8 Å². The average Bonchev–Trinajstić information content (AvgIpc) is 2.89. The van der Waals surface area contributed by atoms with E-state index >= 15 is 0 Å². The molecule has 9 heteroatoms. The fraction of sp³-hybridized carbons (Fsp3) is 0.533. The second kappa shape index (κ2) is 6.92. The average molecular weight is 404 g/mol. The number of anilines is 1. The van der Waals surface area contributed by atoms with Crippen molar-refractivity contribution in [1.29, 1.82) is 0 Å². The molecule has 1 aliphatic heterocycles. The van der Waals surface area contributed by atoms with E-state index in [9.17, 15) is 19.3 Å². The van der Waals surface area contributed by atoms with E-state index in [0.717, 1.165) is 6.07 Å². The maximum absolute atomic E-state index is 13.5. The van der Waals surface area contributed by atoms with E-state index in [1.54, 1.807) is 25.7 Å². The van der Waals surface area contributed by atoms with Gasteiger partial charge in [-0.1, -0.05) is 0 Å². The Labute approximate surface area is 147 Å². The molecule has 24 heavy (non-hydrogen) atoms. The van der Waals surface area contributed by atoms with Crippen LogP contribution in [-0.4, -0.2) is 40.6 Å². The van der Waals surface area contributed by atoms with E-state index < -0.39 is 22.4 Å². The lowest BCUT2D eigenvalue weighted by Gasteiger charge is -2.24. The van der Waals surface area contributed by atoms with Gasteiger partial charge in [-0.2, -0.15) is 0 Å². The van der Waals surface area contributed by atoms with Gasteiger partial charge in [0.1, 0.15) is 17.1 Å². The first-order valence-electron chi connectivity index (χ1n) is 7.45. The fourth-order valence-corrected chi connectivity index (χ4v) is 2.74. The van der Waals surface area contributed by atoms with E-state index in [4.69, 9.17) is 4.74 Å². The summed E-state index contributed by atoms with van der Waals surface area (Å²) < 4.78 is 19.0. The second-order valence-corrected chi connectivity index (χ2v) is 7.45. The summed E-state index contributed by atoms with van der Waals surface area (Å²) in [6.07, 6.45) is 0.201. The van der Waals surface area contributed by atoms with Gasteiger partial charge in [0.05, 0.1) is 15.5 Å². The Balaban J connectivity index is 2.07. The first-order valence-corrected chi connectivity index (χ1v) is 8.24. The summed E-state index contributed by atoms with van der Waals surface area (Å²) in [5.41, 5.74) is -0.709. The fourth-order valence-electron chi connectivity index (χ4n) is 2.39. The van der Waals surface area contributed by atoms with Crippen molar-refractivity contribution in [1.82, 2.24) is 4.90 Å². The predicted octanol–water partition coefficient (Wildman–Crippen LogP) is 3.92. The summed E-state index contributed by atoms with van der Waals surface area (Å²) in [6.45, 7) is 6.21. The highest BCUT2D eigenvalue weighted by Gasteiger charge is 2.31. The molecule has 0 aliphatic carbocycles. The number of nitrogens with one attached hydrogen (secondary N) is 1. The molecule has 1 amide bonds. The van der Waals surface area contributed by atoms with Crippen molar-refractivity contribution in [3.05, 3.63) is 32.5 Å². The van der Waals surface area contributed by atoms with Crippen molar-refractivity contribution in [3.8, 4) is 0 Å². The zero-order valence-corrected chi connectivity index (χ0v) is 15.2. The molecule has 1 fully saturated rings. The van der Waals surface area contributed by atoms with Crippen LogP contribution in [0.5, 0.6) is 0 Å². The summed E-state index contributed by atoms with van der Waals surface area (Å²) in [5.74, 6) is -0.700. The van der Waals surface area contributed by atoms with Crippen LogP contribution in [0, 0.1) is 15.9 Å². The Kier molecular flexibility index (Phi) is 5.32. The maximum Gasteiger partial charge on any atom is 0.410 e. The Hall–Kier alpha value is -1.90. The molecule has 1 aromatic rings. The first kappa shape index (κ1) is 18.4.